The highest BCUT2D eigenvalue weighted by Crippen LogP contribution is 2.28. The molecule has 0 amide bonds. The van der Waals surface area contributed by atoms with Gasteiger partial charge in [-0.25, -0.2) is 4.99 Å². The molecule has 0 aromatic heterocycles. The first kappa shape index (κ1) is 19.1. The Balaban J connectivity index is 2.00. The van der Waals surface area contributed by atoms with Gasteiger partial charge in [-0.05, 0) is 26.3 Å². The second-order valence-electron chi connectivity index (χ2n) is 6.90. The van der Waals surface area contributed by atoms with E-state index in [1.165, 1.54) is 0 Å². The van der Waals surface area contributed by atoms with E-state index in [4.69, 9.17) is 16.2 Å². The predicted octanol–water partition coefficient (Wildman–Crippen LogP) is 1.43. The van der Waals surface area contributed by atoms with Gasteiger partial charge in [0.05, 0.1) is 24.4 Å². The van der Waals surface area contributed by atoms with Crippen LogP contribution < -0.4 is 16.8 Å². The number of hydrogen-bond acceptors (Lipinski definition) is 7. The number of nitrogens with one attached hydrogen (secondary N) is 1. The van der Waals surface area contributed by atoms with Crippen LogP contribution in [0.4, 0.5) is 0 Å². The minimum atomic E-state index is 0.0101. The van der Waals surface area contributed by atoms with Crippen molar-refractivity contribution in [3.8, 4) is 0 Å². The molecule has 0 aliphatic carbocycles. The summed E-state index contributed by atoms with van der Waals surface area (Å²) in [5.41, 5.74) is 16.3. The maximum absolute atomic E-state index is 11.5. The lowest BCUT2D eigenvalue weighted by atomic mass is 10.0. The SMILES string of the molecule is CC(=O)c1ccc(/C(N)=C2\C(N)=NC=C(C)N2C(C)C2CNCCO2)cc1. The van der Waals surface area contributed by atoms with Crippen molar-refractivity contribution in [3.05, 3.63) is 53.0 Å². The molecule has 0 spiro atoms. The number of morpholine rings is 1. The fraction of sp³-hybridized carbons (Fsp3) is 0.400. The van der Waals surface area contributed by atoms with Crippen LogP contribution in [0.3, 0.4) is 0 Å². The average molecular weight is 369 g/mol. The van der Waals surface area contributed by atoms with Crippen LogP contribution in [0.2, 0.25) is 0 Å². The van der Waals surface area contributed by atoms with Gasteiger partial charge >= 0.3 is 0 Å². The second-order valence-corrected chi connectivity index (χ2v) is 6.90. The summed E-state index contributed by atoms with van der Waals surface area (Å²) >= 11 is 0. The number of nitrogens with two attached hydrogens (primary N) is 2. The molecule has 1 aromatic rings. The van der Waals surface area contributed by atoms with Gasteiger partial charge in [0.2, 0.25) is 0 Å². The lowest BCUT2D eigenvalue weighted by molar-refractivity contribution is -0.0106. The molecule has 1 saturated heterocycles. The topological polar surface area (TPSA) is 106 Å². The number of hydrogen-bond donors (Lipinski definition) is 3. The lowest BCUT2D eigenvalue weighted by Gasteiger charge is -2.41. The van der Waals surface area contributed by atoms with Gasteiger partial charge in [0.1, 0.15) is 11.5 Å². The third-order valence-electron chi connectivity index (χ3n) is 5.01. The smallest absolute Gasteiger partial charge is 0.159 e. The van der Waals surface area contributed by atoms with Crippen LogP contribution in [0, 0.1) is 0 Å². The molecule has 2 atom stereocenters. The number of ketones is 1. The first-order valence-corrected chi connectivity index (χ1v) is 9.13. The van der Waals surface area contributed by atoms with Gasteiger partial charge in [0.15, 0.2) is 5.78 Å². The highest BCUT2D eigenvalue weighted by molar-refractivity contribution is 6.04. The van der Waals surface area contributed by atoms with Crippen LogP contribution in [0.15, 0.2) is 46.9 Å². The lowest BCUT2D eigenvalue weighted by Crippen LogP contribution is -2.52. The van der Waals surface area contributed by atoms with Gasteiger partial charge in [-0.2, -0.15) is 0 Å². The molecule has 2 unspecified atom stereocenters. The van der Waals surface area contributed by atoms with Crippen LogP contribution in [0.25, 0.3) is 5.70 Å². The summed E-state index contributed by atoms with van der Waals surface area (Å²) in [4.78, 5) is 17.9. The van der Waals surface area contributed by atoms with Crippen molar-refractivity contribution in [2.24, 2.45) is 16.5 Å². The molecule has 0 saturated carbocycles. The molecular weight excluding hydrogens is 342 g/mol. The van der Waals surface area contributed by atoms with Crippen LogP contribution in [-0.4, -0.2) is 48.4 Å². The van der Waals surface area contributed by atoms with E-state index in [0.29, 0.717) is 29.4 Å². The Kier molecular flexibility index (Phi) is 5.62. The summed E-state index contributed by atoms with van der Waals surface area (Å²) in [5.74, 6) is 0.381. The van der Waals surface area contributed by atoms with E-state index in [2.05, 4.69) is 22.1 Å². The van der Waals surface area contributed by atoms with Crippen molar-refractivity contribution in [1.82, 2.24) is 10.2 Å². The molecule has 2 aliphatic heterocycles. The number of nitrogens with zero attached hydrogens (tertiary/aromatic N) is 2. The van der Waals surface area contributed by atoms with E-state index >= 15 is 0 Å². The molecular formula is C20H27N5O2. The van der Waals surface area contributed by atoms with Crippen molar-refractivity contribution in [1.29, 1.82) is 0 Å². The number of carbonyl (C=O) groups is 1. The Morgan fingerprint density at radius 3 is 2.59 bits per heavy atom. The standard InChI is InChI=1S/C20H27N5O2/c1-12-10-24-20(22)19(25(12)13(2)17-11-23-8-9-27-17)18(21)16-6-4-15(5-7-16)14(3)26/h4-7,10,13,17,23H,8-9,11,21H2,1-3H3,(H2,22,24)/b19-18-. The molecule has 144 valence electrons. The Hall–Kier alpha value is -2.64. The van der Waals surface area contributed by atoms with Crippen molar-refractivity contribution >= 4 is 17.3 Å². The van der Waals surface area contributed by atoms with E-state index < -0.39 is 0 Å². The molecule has 2 aliphatic rings. The molecule has 1 fully saturated rings. The van der Waals surface area contributed by atoms with Gasteiger partial charge in [-0.3, -0.25) is 4.79 Å². The van der Waals surface area contributed by atoms with E-state index in [9.17, 15) is 4.79 Å². The van der Waals surface area contributed by atoms with Crippen LogP contribution in [-0.2, 0) is 4.74 Å². The highest BCUT2D eigenvalue weighted by atomic mass is 16.5. The van der Waals surface area contributed by atoms with Crippen molar-refractivity contribution in [2.75, 3.05) is 19.7 Å². The number of carbonyl (C=O) groups excluding carboxylic acids is 1. The number of benzene rings is 1. The van der Waals surface area contributed by atoms with E-state index in [-0.39, 0.29) is 17.9 Å². The molecule has 7 heteroatoms. The van der Waals surface area contributed by atoms with E-state index in [1.807, 2.05) is 19.1 Å². The quantitative estimate of drug-likeness (QED) is 0.693. The van der Waals surface area contributed by atoms with E-state index in [0.717, 1.165) is 24.4 Å². The van der Waals surface area contributed by atoms with Gasteiger partial charge < -0.3 is 26.4 Å². The first-order valence-electron chi connectivity index (χ1n) is 9.13. The van der Waals surface area contributed by atoms with Crippen LogP contribution >= 0.6 is 0 Å². The monoisotopic (exact) mass is 369 g/mol. The van der Waals surface area contributed by atoms with Crippen molar-refractivity contribution in [2.45, 2.75) is 32.9 Å². The first-order chi connectivity index (χ1) is 12.9. The Morgan fingerprint density at radius 1 is 1.33 bits per heavy atom. The molecule has 3 rings (SSSR count). The second kappa shape index (κ2) is 7.94. The molecule has 1 aromatic carbocycles. The summed E-state index contributed by atoms with van der Waals surface area (Å²) < 4.78 is 5.94. The maximum Gasteiger partial charge on any atom is 0.159 e. The normalized spacial score (nSPS) is 23.4. The largest absolute Gasteiger partial charge is 0.396 e. The third kappa shape index (κ3) is 3.89. The van der Waals surface area contributed by atoms with Crippen molar-refractivity contribution < 1.29 is 9.53 Å². The van der Waals surface area contributed by atoms with Gasteiger partial charge in [0, 0.05) is 30.5 Å². The van der Waals surface area contributed by atoms with E-state index in [1.54, 1.807) is 25.3 Å². The Morgan fingerprint density at radius 2 is 2.00 bits per heavy atom. The highest BCUT2D eigenvalue weighted by Gasteiger charge is 2.32. The molecule has 27 heavy (non-hydrogen) atoms. The minimum Gasteiger partial charge on any atom is -0.396 e. The number of ether oxygens (including phenoxy) is 1. The molecule has 0 bridgehead atoms. The number of aliphatic imine (C=N–C) groups is 1. The molecule has 2 heterocycles. The number of amidine groups is 1. The minimum absolute atomic E-state index is 0.0101. The third-order valence-corrected chi connectivity index (χ3v) is 5.01. The Labute approximate surface area is 159 Å². The molecule has 0 radical (unpaired) electrons. The van der Waals surface area contributed by atoms with Crippen molar-refractivity contribution in [3.63, 3.8) is 0 Å². The summed E-state index contributed by atoms with van der Waals surface area (Å²) in [6, 6.07) is 7.23. The summed E-state index contributed by atoms with van der Waals surface area (Å²) in [6.45, 7) is 7.92. The summed E-state index contributed by atoms with van der Waals surface area (Å²) in [6.07, 6.45) is 1.76. The molecule has 7 nitrogen and oxygen atoms in total. The van der Waals surface area contributed by atoms with Gasteiger partial charge in [-0.15, -0.1) is 0 Å². The van der Waals surface area contributed by atoms with Gasteiger partial charge in [-0.1, -0.05) is 24.3 Å². The predicted molar refractivity (Wildman–Crippen MR) is 107 cm³/mol. The zero-order chi connectivity index (χ0) is 19.6. The van der Waals surface area contributed by atoms with Crippen LogP contribution in [0.1, 0.15) is 36.7 Å². The summed E-state index contributed by atoms with van der Waals surface area (Å²) in [7, 11) is 0. The van der Waals surface area contributed by atoms with Gasteiger partial charge in [0.25, 0.3) is 0 Å². The average Bonchev–Trinajstić information content (AvgIpc) is 2.69. The zero-order valence-corrected chi connectivity index (χ0v) is 16.0. The fourth-order valence-corrected chi connectivity index (χ4v) is 3.46. The van der Waals surface area contributed by atoms with Crippen LogP contribution in [0.5, 0.6) is 0 Å². The number of rotatable bonds is 4. The summed E-state index contributed by atoms with van der Waals surface area (Å²) in [5, 5.41) is 3.36. The number of Topliss-reactive ketones (excluding diaryl/α,β-unsaturated/α-hetero) is 1. The zero-order valence-electron chi connectivity index (χ0n) is 16.0. The number of allylic oxidation sites excluding steroid dienone is 1. The Bertz CT molecular complexity index is 804. The molecule has 5 N–H and O–H groups in total. The fourth-order valence-electron chi connectivity index (χ4n) is 3.46. The maximum atomic E-state index is 11.5.